The molecule has 18 heteroatoms. The zero-order chi connectivity index (χ0) is 19.7. The highest BCUT2D eigenvalue weighted by atomic mass is 31.0. The first-order chi connectivity index (χ1) is 10.9. The number of carboxylic acids is 6. The van der Waals surface area contributed by atoms with Crippen LogP contribution in [0.25, 0.3) is 0 Å². The molecule has 0 N–H and O–H groups in total. The maximum absolute atomic E-state index is 9.50. The van der Waals surface area contributed by atoms with E-state index in [2.05, 4.69) is 0 Å². The lowest BCUT2D eigenvalue weighted by molar-refractivity contribution is -0.315. The highest BCUT2D eigenvalue weighted by Gasteiger charge is 1.86. The molecule has 0 aliphatic carbocycles. The largest absolute Gasteiger partial charge is 0.550 e. The summed E-state index contributed by atoms with van der Waals surface area (Å²) < 4.78 is 0. The molecule has 0 bridgehead atoms. The predicted octanol–water partition coefficient (Wildman–Crippen LogP) is -9.46. The van der Waals surface area contributed by atoms with E-state index >= 15 is 0 Å². The van der Waals surface area contributed by atoms with Crippen molar-refractivity contribution in [3.8, 4) is 0 Å². The normalized spacial score (nSPS) is 6.80. The zero-order valence-electron chi connectivity index (χ0n) is 18.1. The minimum absolute atomic E-state index is 0. The standard InChI is InChI=1S/3C4H6O4.6H3P/c3*5-3(6)1-2-4(7)8;;;;;;/h3*1-2H2,(H,5,6)(H,7,8);6*1H3. The van der Waals surface area contributed by atoms with Gasteiger partial charge in [0.15, 0.2) is 0 Å². The van der Waals surface area contributed by atoms with E-state index in [1.807, 2.05) is 0 Å². The first kappa shape index (κ1) is 57.0. The molecule has 0 spiro atoms. The Morgan fingerprint density at radius 2 is 0.367 bits per heavy atom. The van der Waals surface area contributed by atoms with Crippen LogP contribution in [0.15, 0.2) is 0 Å². The fourth-order valence-corrected chi connectivity index (χ4v) is 0.612. The first-order valence-corrected chi connectivity index (χ1v) is 6.07. The third-order valence-electron chi connectivity index (χ3n) is 1.60. The lowest BCUT2D eigenvalue weighted by atomic mass is 10.3. The molecule has 6 unspecified atom stereocenters. The van der Waals surface area contributed by atoms with Gasteiger partial charge < -0.3 is 59.4 Å². The second-order valence-electron chi connectivity index (χ2n) is 3.73. The summed E-state index contributed by atoms with van der Waals surface area (Å²) in [6.07, 6.45) is -2.82. The van der Waals surface area contributed by atoms with Crippen LogP contribution in [-0.4, -0.2) is 35.8 Å². The number of carboxylic acid groups (broad SMARTS) is 6. The summed E-state index contributed by atoms with van der Waals surface area (Å²) in [7, 11) is 0. The van der Waals surface area contributed by atoms with Gasteiger partial charge in [0.25, 0.3) is 0 Å². The van der Waals surface area contributed by atoms with Gasteiger partial charge in [-0.05, 0) is 97.9 Å². The van der Waals surface area contributed by atoms with Crippen molar-refractivity contribution < 1.29 is 59.4 Å². The van der Waals surface area contributed by atoms with Crippen molar-refractivity contribution in [1.29, 1.82) is 0 Å². The van der Waals surface area contributed by atoms with Gasteiger partial charge in [-0.25, -0.2) is 0 Å². The van der Waals surface area contributed by atoms with Crippen LogP contribution in [0, 0.1) is 0 Å². The predicted molar refractivity (Wildman–Crippen MR) is 133 cm³/mol. The minimum atomic E-state index is -1.37. The van der Waals surface area contributed by atoms with Gasteiger partial charge in [-0.15, -0.1) is 0 Å². The highest BCUT2D eigenvalue weighted by Crippen LogP contribution is 1.82. The number of carbonyl (C=O) groups excluding carboxylic acids is 6. The molecule has 0 aromatic carbocycles. The number of aliphatic carboxylic acids is 6. The van der Waals surface area contributed by atoms with Gasteiger partial charge in [0.05, 0.1) is 0 Å². The number of rotatable bonds is 9. The molecule has 0 aliphatic heterocycles. The maximum atomic E-state index is 9.50. The van der Waals surface area contributed by atoms with E-state index in [1.165, 1.54) is 0 Å². The average molecular weight is 558 g/mol. The molecule has 0 heterocycles. The third-order valence-corrected chi connectivity index (χ3v) is 1.60. The van der Waals surface area contributed by atoms with Crippen LogP contribution in [-0.2, 0) is 28.8 Å². The van der Waals surface area contributed by atoms with Gasteiger partial charge in [0, 0.05) is 35.8 Å². The zero-order valence-corrected chi connectivity index (χ0v) is 30.1. The molecular weight excluding hydrogens is 522 g/mol. The fourth-order valence-electron chi connectivity index (χ4n) is 0.612. The van der Waals surface area contributed by atoms with Gasteiger partial charge in [-0.2, -0.15) is 0 Å². The SMILES string of the molecule is O=C([O-])CCC(=O)[O-].O=C([O-])CCC(=O)[O-].O=C([O-])CCC(=O)[O-].[PH4+].[PH4+].[PH4+].[PH4+].[PH4+].[PH4+]. The van der Waals surface area contributed by atoms with E-state index in [-0.39, 0.29) is 59.4 Å². The van der Waals surface area contributed by atoms with E-state index in [0.717, 1.165) is 0 Å². The molecule has 0 aromatic rings. The molecule has 0 fully saturated rings. The Labute approximate surface area is 193 Å². The van der Waals surface area contributed by atoms with Crippen LogP contribution < -0.4 is 30.6 Å². The summed E-state index contributed by atoms with van der Waals surface area (Å²) in [6, 6.07) is 0. The molecule has 0 radical (unpaired) electrons. The van der Waals surface area contributed by atoms with Gasteiger partial charge >= 0.3 is 0 Å². The number of hydrogen-bond acceptors (Lipinski definition) is 12. The van der Waals surface area contributed by atoms with E-state index < -0.39 is 74.3 Å². The Morgan fingerprint density at radius 3 is 0.400 bits per heavy atom. The summed E-state index contributed by atoms with van der Waals surface area (Å²) in [6.45, 7) is 0. The summed E-state index contributed by atoms with van der Waals surface area (Å²) in [5.41, 5.74) is 0. The van der Waals surface area contributed by atoms with Crippen molar-refractivity contribution >= 4 is 95.2 Å². The van der Waals surface area contributed by atoms with Crippen LogP contribution in [0.1, 0.15) is 38.5 Å². The molecule has 0 rings (SSSR count). The Morgan fingerprint density at radius 1 is 0.300 bits per heavy atom. The summed E-state index contributed by atoms with van der Waals surface area (Å²) in [4.78, 5) is 57.0. The molecule has 0 saturated heterocycles. The topological polar surface area (TPSA) is 241 Å². The maximum Gasteiger partial charge on any atom is 0.0418 e. The summed E-state index contributed by atoms with van der Waals surface area (Å²) in [5, 5.41) is 57.0. The van der Waals surface area contributed by atoms with Crippen molar-refractivity contribution in [3.63, 3.8) is 0 Å². The van der Waals surface area contributed by atoms with E-state index in [4.69, 9.17) is 0 Å². The second kappa shape index (κ2) is 38.9. The molecule has 0 saturated carbocycles. The number of hydrogen-bond donors (Lipinski definition) is 0. The number of carbonyl (C=O) groups is 6. The lowest BCUT2D eigenvalue weighted by Gasteiger charge is -2.00. The molecule has 0 aliphatic rings. The first-order valence-electron chi connectivity index (χ1n) is 6.07. The van der Waals surface area contributed by atoms with Crippen molar-refractivity contribution in [2.45, 2.75) is 38.5 Å². The highest BCUT2D eigenvalue weighted by molar-refractivity contribution is 6.93. The molecule has 0 aromatic heterocycles. The Balaban J connectivity index is -0.0000000286. The molecule has 12 nitrogen and oxygen atoms in total. The minimum Gasteiger partial charge on any atom is -0.550 e. The van der Waals surface area contributed by atoms with Gasteiger partial charge in [0.1, 0.15) is 0 Å². The van der Waals surface area contributed by atoms with Gasteiger partial charge in [-0.3, -0.25) is 0 Å². The van der Waals surface area contributed by atoms with Gasteiger partial charge in [0.2, 0.25) is 0 Å². The van der Waals surface area contributed by atoms with Crippen molar-refractivity contribution in [1.82, 2.24) is 0 Å². The van der Waals surface area contributed by atoms with Crippen molar-refractivity contribution in [2.24, 2.45) is 0 Å². The van der Waals surface area contributed by atoms with Crippen LogP contribution >= 0.6 is 59.4 Å². The monoisotopic (exact) mass is 558 g/mol. The molecule has 6 atom stereocenters. The van der Waals surface area contributed by atoms with Crippen molar-refractivity contribution in [3.05, 3.63) is 0 Å². The molecule has 186 valence electrons. The summed E-state index contributed by atoms with van der Waals surface area (Å²) >= 11 is 0. The average Bonchev–Trinajstić information content (AvgIpc) is 2.42. The lowest BCUT2D eigenvalue weighted by Crippen LogP contribution is -2.27. The molecular formula is C12H36O12P6. The third kappa shape index (κ3) is 92.1. The second-order valence-corrected chi connectivity index (χ2v) is 3.73. The fraction of sp³-hybridized carbons (Fsp3) is 0.500. The van der Waals surface area contributed by atoms with E-state index in [9.17, 15) is 59.4 Å². The summed E-state index contributed by atoms with van der Waals surface area (Å²) in [5.74, 6) is -8.20. The molecule has 30 heavy (non-hydrogen) atoms. The Hall–Kier alpha value is -0.600. The Kier molecular flexibility index (Phi) is 74.0. The van der Waals surface area contributed by atoms with Gasteiger partial charge in [-0.1, -0.05) is 0 Å². The van der Waals surface area contributed by atoms with Crippen LogP contribution in [0.3, 0.4) is 0 Å². The van der Waals surface area contributed by atoms with E-state index in [1.54, 1.807) is 0 Å². The van der Waals surface area contributed by atoms with Crippen molar-refractivity contribution in [2.75, 3.05) is 0 Å². The van der Waals surface area contributed by atoms with Crippen LogP contribution in [0.2, 0.25) is 0 Å². The van der Waals surface area contributed by atoms with Crippen LogP contribution in [0.5, 0.6) is 0 Å². The Bertz CT molecular complexity index is 366. The van der Waals surface area contributed by atoms with Crippen LogP contribution in [0.4, 0.5) is 0 Å². The van der Waals surface area contributed by atoms with E-state index in [0.29, 0.717) is 0 Å². The quantitative estimate of drug-likeness (QED) is 0.240. The smallest absolute Gasteiger partial charge is 0.0418 e. The molecule has 0 amide bonds.